The number of nitrogens with one attached hydrogen (secondary N) is 2. The van der Waals surface area contributed by atoms with E-state index in [1.807, 2.05) is 49.5 Å². The van der Waals surface area contributed by atoms with Crippen molar-refractivity contribution in [3.8, 4) is 11.1 Å². The summed E-state index contributed by atoms with van der Waals surface area (Å²) in [6.45, 7) is 2.65. The average Bonchev–Trinajstić information content (AvgIpc) is 3.24. The van der Waals surface area contributed by atoms with Gasteiger partial charge in [-0.15, -0.1) is 0 Å². The lowest BCUT2D eigenvalue weighted by Crippen LogP contribution is -2.40. The van der Waals surface area contributed by atoms with Gasteiger partial charge in [-0.2, -0.15) is 0 Å². The van der Waals surface area contributed by atoms with Crippen LogP contribution >= 0.6 is 0 Å². The number of aromatic nitrogens is 1. The van der Waals surface area contributed by atoms with Crippen molar-refractivity contribution in [2.45, 2.75) is 38.0 Å². The number of aryl methyl sites for hydroxylation is 1. The van der Waals surface area contributed by atoms with Gasteiger partial charge in [-0.3, -0.25) is 4.98 Å². The number of carbonyl (C=O) groups is 1. The first-order valence-corrected chi connectivity index (χ1v) is 10.3. The predicted octanol–water partition coefficient (Wildman–Crippen LogP) is 5.69. The van der Waals surface area contributed by atoms with E-state index in [1.54, 1.807) is 0 Å². The van der Waals surface area contributed by atoms with E-state index in [4.69, 9.17) is 0 Å². The minimum atomic E-state index is -0.153. The Hall–Kier alpha value is -3.14. The molecule has 1 aromatic heterocycles. The molecule has 0 saturated heterocycles. The van der Waals surface area contributed by atoms with Crippen molar-refractivity contribution < 1.29 is 4.79 Å². The molecule has 0 radical (unpaired) electrons. The summed E-state index contributed by atoms with van der Waals surface area (Å²) in [5, 5.41) is 6.07. The molecular weight excluding hydrogens is 358 g/mol. The van der Waals surface area contributed by atoms with Crippen LogP contribution in [0.2, 0.25) is 0 Å². The van der Waals surface area contributed by atoms with Gasteiger partial charge in [-0.05, 0) is 60.7 Å². The Kier molecular flexibility index (Phi) is 5.61. The molecule has 0 aliphatic heterocycles. The highest BCUT2D eigenvalue weighted by atomic mass is 16.2. The first-order chi connectivity index (χ1) is 14.1. The zero-order valence-electron chi connectivity index (χ0n) is 16.8. The fourth-order valence-corrected chi connectivity index (χ4v) is 4.31. The van der Waals surface area contributed by atoms with Gasteiger partial charge in [0.15, 0.2) is 0 Å². The van der Waals surface area contributed by atoms with Crippen molar-refractivity contribution >= 4 is 11.7 Å². The summed E-state index contributed by atoms with van der Waals surface area (Å²) in [4.78, 5) is 16.7. The van der Waals surface area contributed by atoms with Gasteiger partial charge in [0.2, 0.25) is 0 Å². The topological polar surface area (TPSA) is 54.0 Å². The van der Waals surface area contributed by atoms with Gasteiger partial charge in [0.25, 0.3) is 0 Å². The van der Waals surface area contributed by atoms with Crippen LogP contribution in [0.5, 0.6) is 0 Å². The molecule has 0 unspecified atom stereocenters. The first-order valence-electron chi connectivity index (χ1n) is 10.3. The van der Waals surface area contributed by atoms with Crippen LogP contribution < -0.4 is 10.6 Å². The molecule has 3 aromatic rings. The van der Waals surface area contributed by atoms with Crippen LogP contribution in [0.3, 0.4) is 0 Å². The molecule has 2 aromatic carbocycles. The SMILES string of the molecule is Cc1cc(-c2ccc(NC(=O)NCC3(c4ccccc4)CCCC3)cc2)ccn1. The molecular formula is C25H27N3O. The second-order valence-electron chi connectivity index (χ2n) is 7.92. The number of amides is 2. The van der Waals surface area contributed by atoms with Crippen molar-refractivity contribution in [3.63, 3.8) is 0 Å². The standard InChI is InChI=1S/C25H27N3O/c1-19-17-21(13-16-26-19)20-9-11-23(12-10-20)28-24(29)27-18-25(14-5-6-15-25)22-7-3-2-4-8-22/h2-4,7-13,16-17H,5-6,14-15,18H2,1H3,(H2,27,28,29). The van der Waals surface area contributed by atoms with Crippen molar-refractivity contribution in [2.24, 2.45) is 0 Å². The second kappa shape index (κ2) is 8.48. The molecule has 1 heterocycles. The number of hydrogen-bond donors (Lipinski definition) is 2. The van der Waals surface area contributed by atoms with E-state index in [2.05, 4.69) is 45.9 Å². The lowest BCUT2D eigenvalue weighted by atomic mass is 9.79. The van der Waals surface area contributed by atoms with Crippen LogP contribution in [0, 0.1) is 6.92 Å². The number of benzene rings is 2. The summed E-state index contributed by atoms with van der Waals surface area (Å²) >= 11 is 0. The third kappa shape index (κ3) is 4.48. The molecule has 1 saturated carbocycles. The van der Waals surface area contributed by atoms with Crippen molar-refractivity contribution in [1.82, 2.24) is 10.3 Å². The highest BCUT2D eigenvalue weighted by Gasteiger charge is 2.35. The molecule has 0 atom stereocenters. The van der Waals surface area contributed by atoms with Gasteiger partial charge >= 0.3 is 6.03 Å². The summed E-state index contributed by atoms with van der Waals surface area (Å²) in [5.74, 6) is 0. The van der Waals surface area contributed by atoms with E-state index in [0.29, 0.717) is 6.54 Å². The summed E-state index contributed by atoms with van der Waals surface area (Å²) < 4.78 is 0. The Labute approximate surface area is 172 Å². The molecule has 1 aliphatic rings. The minimum Gasteiger partial charge on any atom is -0.337 e. The van der Waals surface area contributed by atoms with E-state index in [9.17, 15) is 4.79 Å². The van der Waals surface area contributed by atoms with Crippen LogP contribution in [0.25, 0.3) is 11.1 Å². The molecule has 4 rings (SSSR count). The number of carbonyl (C=O) groups excluding carboxylic acids is 1. The van der Waals surface area contributed by atoms with Crippen LogP contribution in [0.4, 0.5) is 10.5 Å². The number of nitrogens with zero attached hydrogens (tertiary/aromatic N) is 1. The maximum Gasteiger partial charge on any atom is 0.319 e. The number of anilines is 1. The number of rotatable bonds is 5. The van der Waals surface area contributed by atoms with Gasteiger partial charge in [-0.1, -0.05) is 55.3 Å². The smallest absolute Gasteiger partial charge is 0.319 e. The van der Waals surface area contributed by atoms with Crippen LogP contribution in [0.15, 0.2) is 72.9 Å². The molecule has 4 nitrogen and oxygen atoms in total. The molecule has 1 fully saturated rings. The van der Waals surface area contributed by atoms with E-state index >= 15 is 0 Å². The fourth-order valence-electron chi connectivity index (χ4n) is 4.31. The number of urea groups is 1. The summed E-state index contributed by atoms with van der Waals surface area (Å²) in [6, 6.07) is 22.4. The van der Waals surface area contributed by atoms with Gasteiger partial charge < -0.3 is 10.6 Å². The highest BCUT2D eigenvalue weighted by Crippen LogP contribution is 2.40. The van der Waals surface area contributed by atoms with Crippen LogP contribution in [-0.4, -0.2) is 17.6 Å². The zero-order chi connectivity index (χ0) is 20.1. The molecule has 148 valence electrons. The monoisotopic (exact) mass is 385 g/mol. The quantitative estimate of drug-likeness (QED) is 0.593. The lowest BCUT2D eigenvalue weighted by Gasteiger charge is -2.30. The van der Waals surface area contributed by atoms with Crippen molar-refractivity contribution in [2.75, 3.05) is 11.9 Å². The Bertz CT molecular complexity index is 961. The largest absolute Gasteiger partial charge is 0.337 e. The normalized spacial score (nSPS) is 15.1. The molecule has 0 bridgehead atoms. The fraction of sp³-hybridized carbons (Fsp3) is 0.280. The second-order valence-corrected chi connectivity index (χ2v) is 7.92. The van der Waals surface area contributed by atoms with Gasteiger partial charge in [0.1, 0.15) is 0 Å². The highest BCUT2D eigenvalue weighted by molar-refractivity contribution is 5.89. The van der Waals surface area contributed by atoms with E-state index in [0.717, 1.165) is 35.3 Å². The Morgan fingerprint density at radius 1 is 0.966 bits per heavy atom. The maximum absolute atomic E-state index is 12.5. The first kappa shape index (κ1) is 19.2. The van der Waals surface area contributed by atoms with Gasteiger partial charge in [0, 0.05) is 29.5 Å². The van der Waals surface area contributed by atoms with E-state index < -0.39 is 0 Å². The van der Waals surface area contributed by atoms with Gasteiger partial charge in [-0.25, -0.2) is 4.79 Å². The summed E-state index contributed by atoms with van der Waals surface area (Å²) in [6.07, 6.45) is 6.49. The van der Waals surface area contributed by atoms with Crippen molar-refractivity contribution in [3.05, 3.63) is 84.2 Å². The van der Waals surface area contributed by atoms with Gasteiger partial charge in [0.05, 0.1) is 0 Å². The Morgan fingerprint density at radius 2 is 1.69 bits per heavy atom. The molecule has 1 aliphatic carbocycles. The summed E-state index contributed by atoms with van der Waals surface area (Å²) in [5.41, 5.74) is 5.40. The predicted molar refractivity (Wildman–Crippen MR) is 118 cm³/mol. The Balaban J connectivity index is 1.38. The number of pyridine rings is 1. The number of hydrogen-bond acceptors (Lipinski definition) is 2. The minimum absolute atomic E-state index is 0.0572. The molecule has 29 heavy (non-hydrogen) atoms. The van der Waals surface area contributed by atoms with E-state index in [1.165, 1.54) is 18.4 Å². The maximum atomic E-state index is 12.5. The molecule has 4 heteroatoms. The third-order valence-corrected chi connectivity index (χ3v) is 5.91. The molecule has 2 N–H and O–H groups in total. The van der Waals surface area contributed by atoms with E-state index in [-0.39, 0.29) is 11.4 Å². The lowest BCUT2D eigenvalue weighted by molar-refractivity contribution is 0.248. The third-order valence-electron chi connectivity index (χ3n) is 5.91. The average molecular weight is 386 g/mol. The molecule has 0 spiro atoms. The summed E-state index contributed by atoms with van der Waals surface area (Å²) in [7, 11) is 0. The van der Waals surface area contributed by atoms with Crippen LogP contribution in [-0.2, 0) is 5.41 Å². The Morgan fingerprint density at radius 3 is 2.38 bits per heavy atom. The molecule has 2 amide bonds. The van der Waals surface area contributed by atoms with Crippen molar-refractivity contribution in [1.29, 1.82) is 0 Å². The zero-order valence-corrected chi connectivity index (χ0v) is 16.8. The van der Waals surface area contributed by atoms with Crippen LogP contribution in [0.1, 0.15) is 36.9 Å².